The van der Waals surface area contributed by atoms with Crippen LogP contribution < -0.4 is 0 Å². The number of rotatable bonds is 4. The van der Waals surface area contributed by atoms with Gasteiger partial charge in [-0.2, -0.15) is 18.3 Å². The Labute approximate surface area is 220 Å². The molecule has 1 N–H and O–H groups in total. The van der Waals surface area contributed by atoms with Crippen LogP contribution in [-0.2, 0) is 11.8 Å². The van der Waals surface area contributed by atoms with Crippen molar-refractivity contribution < 1.29 is 18.3 Å². The lowest BCUT2D eigenvalue weighted by atomic mass is 9.56. The number of aromatic nitrogens is 2. The predicted octanol–water partition coefficient (Wildman–Crippen LogP) is 8.09. The second kappa shape index (κ2) is 9.04. The summed E-state index contributed by atoms with van der Waals surface area (Å²) >= 11 is 1.72. The Balaban J connectivity index is 1.54. The summed E-state index contributed by atoms with van der Waals surface area (Å²) in [4.78, 5) is 1.21. The third-order valence-corrected chi connectivity index (χ3v) is 10.6. The topological polar surface area (TPSA) is 38.1 Å². The van der Waals surface area contributed by atoms with Crippen LogP contribution in [0.25, 0.3) is 16.6 Å². The molecule has 0 amide bonds. The molecule has 3 aliphatic carbocycles. The van der Waals surface area contributed by atoms with E-state index >= 15 is 0 Å². The van der Waals surface area contributed by atoms with Gasteiger partial charge in [0.15, 0.2) is 5.60 Å². The monoisotopic (exact) mass is 528 g/mol. The van der Waals surface area contributed by atoms with E-state index in [1.807, 2.05) is 6.20 Å². The molecule has 0 saturated heterocycles. The van der Waals surface area contributed by atoms with Crippen LogP contribution in [0.4, 0.5) is 13.2 Å². The van der Waals surface area contributed by atoms with Crippen molar-refractivity contribution in [2.75, 3.05) is 6.26 Å². The zero-order chi connectivity index (χ0) is 26.0. The molecule has 3 aliphatic rings. The molecule has 0 aliphatic heterocycles. The number of hydrogen-bond acceptors (Lipinski definition) is 3. The first-order valence-electron chi connectivity index (χ1n) is 13.7. The molecule has 2 saturated carbocycles. The van der Waals surface area contributed by atoms with Crippen LogP contribution in [0.3, 0.4) is 0 Å². The Morgan fingerprint density at radius 2 is 1.86 bits per heavy atom. The average Bonchev–Trinajstić information content (AvgIpc) is 3.20. The van der Waals surface area contributed by atoms with E-state index in [1.165, 1.54) is 33.5 Å². The largest absolute Gasteiger partial charge is 0.417 e. The summed E-state index contributed by atoms with van der Waals surface area (Å²) in [6, 6.07) is 10.8. The number of nitrogens with zero attached hydrogens (tertiary/aromatic N) is 2. The number of thioether (sulfide) groups is 1. The molecule has 1 heterocycles. The number of halogens is 3. The number of fused-ring (bicyclic) bond motifs is 4. The summed E-state index contributed by atoms with van der Waals surface area (Å²) in [7, 11) is 0. The lowest BCUT2D eigenvalue weighted by Gasteiger charge is -2.50. The fourth-order valence-corrected chi connectivity index (χ4v) is 7.96. The van der Waals surface area contributed by atoms with Gasteiger partial charge in [0.2, 0.25) is 0 Å². The summed E-state index contributed by atoms with van der Waals surface area (Å²) in [5.41, 5.74) is 3.30. The zero-order valence-electron chi connectivity index (χ0n) is 21.6. The molecule has 198 valence electrons. The lowest BCUT2D eigenvalue weighted by Crippen LogP contribution is -2.54. The van der Waals surface area contributed by atoms with Crippen molar-refractivity contribution in [2.45, 2.75) is 99.1 Å². The van der Waals surface area contributed by atoms with Gasteiger partial charge in [0.05, 0.1) is 17.4 Å². The first-order valence-corrected chi connectivity index (χ1v) is 14.9. The number of hydrogen-bond donors (Lipinski definition) is 1. The molecule has 2 fully saturated rings. The van der Waals surface area contributed by atoms with Crippen LogP contribution in [0.1, 0.15) is 87.3 Å². The third kappa shape index (κ3) is 3.86. The minimum atomic E-state index is -4.59. The van der Waals surface area contributed by atoms with Crippen molar-refractivity contribution >= 4 is 22.7 Å². The Morgan fingerprint density at radius 1 is 1.11 bits per heavy atom. The van der Waals surface area contributed by atoms with E-state index in [-0.39, 0.29) is 24.2 Å². The van der Waals surface area contributed by atoms with E-state index in [9.17, 15) is 18.3 Å². The fraction of sp³-hybridized carbons (Fsp3) is 0.567. The molecular formula is C30H35F3N2OS. The van der Waals surface area contributed by atoms with Gasteiger partial charge in [0, 0.05) is 10.3 Å². The number of alkyl halides is 3. The molecule has 3 aromatic rings. The second-order valence-electron chi connectivity index (χ2n) is 11.5. The fourth-order valence-electron chi connectivity index (χ4n) is 7.55. The lowest BCUT2D eigenvalue weighted by molar-refractivity contribution is -0.279. The van der Waals surface area contributed by atoms with E-state index in [2.05, 4.69) is 48.2 Å². The van der Waals surface area contributed by atoms with Gasteiger partial charge in [-0.25, -0.2) is 4.68 Å². The first-order chi connectivity index (χ1) is 17.7. The van der Waals surface area contributed by atoms with Crippen molar-refractivity contribution in [1.29, 1.82) is 0 Å². The van der Waals surface area contributed by atoms with Crippen LogP contribution >= 0.6 is 11.8 Å². The molecule has 3 atom stereocenters. The molecular weight excluding hydrogens is 493 g/mol. The van der Waals surface area contributed by atoms with Crippen molar-refractivity contribution in [3.63, 3.8) is 0 Å². The van der Waals surface area contributed by atoms with Gasteiger partial charge in [-0.1, -0.05) is 13.3 Å². The van der Waals surface area contributed by atoms with Gasteiger partial charge >= 0.3 is 6.18 Å². The second-order valence-corrected chi connectivity index (χ2v) is 12.3. The van der Waals surface area contributed by atoms with E-state index in [1.54, 1.807) is 11.8 Å². The molecule has 0 radical (unpaired) electrons. The van der Waals surface area contributed by atoms with Crippen LogP contribution in [0.5, 0.6) is 0 Å². The van der Waals surface area contributed by atoms with E-state index in [0.29, 0.717) is 12.3 Å². The molecule has 0 bridgehead atoms. The molecule has 2 aromatic carbocycles. The third-order valence-electron chi connectivity index (χ3n) is 9.86. The molecule has 0 unspecified atom stereocenters. The maximum absolute atomic E-state index is 13.9. The molecule has 7 heteroatoms. The van der Waals surface area contributed by atoms with Crippen molar-refractivity contribution in [3.05, 3.63) is 53.2 Å². The van der Waals surface area contributed by atoms with Gasteiger partial charge < -0.3 is 5.11 Å². The molecule has 0 spiro atoms. The Morgan fingerprint density at radius 3 is 2.49 bits per heavy atom. The van der Waals surface area contributed by atoms with E-state index in [0.717, 1.165) is 49.6 Å². The van der Waals surface area contributed by atoms with Gasteiger partial charge in [0.25, 0.3) is 0 Å². The van der Waals surface area contributed by atoms with Crippen LogP contribution in [0.2, 0.25) is 0 Å². The standard InChI is InChI=1S/C30H35F3N2OS/c1-3-28-14-15-29(36,30(31,32)33)17-21(28)8-5-9-24-25(28)16-20-18-34-35(22-10-12-23(37-2)13-11-22)27(20)26(24)19-6-4-7-19/h10-13,16,18-19,21,36H,3-9,14-15,17H2,1-2H3/t21-,28-,29-/m1/s1. The maximum Gasteiger partial charge on any atom is 0.417 e. The van der Waals surface area contributed by atoms with Crippen molar-refractivity contribution in [1.82, 2.24) is 9.78 Å². The highest BCUT2D eigenvalue weighted by molar-refractivity contribution is 7.98. The van der Waals surface area contributed by atoms with Crippen LogP contribution in [-0.4, -0.2) is 32.9 Å². The maximum atomic E-state index is 13.9. The Hall–Kier alpha value is -1.99. The van der Waals surface area contributed by atoms with Crippen molar-refractivity contribution in [2.24, 2.45) is 5.92 Å². The quantitative estimate of drug-likeness (QED) is 0.348. The minimum absolute atomic E-state index is 0.181. The van der Waals surface area contributed by atoms with Crippen LogP contribution in [0.15, 0.2) is 41.4 Å². The summed E-state index contributed by atoms with van der Waals surface area (Å²) in [5.74, 6) is 0.291. The molecule has 3 nitrogen and oxygen atoms in total. The average molecular weight is 529 g/mol. The predicted molar refractivity (Wildman–Crippen MR) is 143 cm³/mol. The zero-order valence-corrected chi connectivity index (χ0v) is 22.4. The smallest absolute Gasteiger partial charge is 0.380 e. The normalized spacial score (nSPS) is 28.4. The summed E-state index contributed by atoms with van der Waals surface area (Å²) in [6.07, 6.45) is 6.16. The highest BCUT2D eigenvalue weighted by Crippen LogP contribution is 2.58. The van der Waals surface area contributed by atoms with Gasteiger partial charge in [-0.3, -0.25) is 0 Å². The molecule has 37 heavy (non-hydrogen) atoms. The Kier molecular flexibility index (Phi) is 6.18. The summed E-state index contributed by atoms with van der Waals surface area (Å²) in [5, 5.41) is 16.6. The minimum Gasteiger partial charge on any atom is -0.380 e. The number of aliphatic hydroxyl groups is 1. The SMILES string of the molecule is CC[C@@]12CC[C@](O)(C(F)(F)F)C[C@H]1CCCc1c2cc2cnn(-c3ccc(SC)cc3)c2c1C1CCC1. The highest BCUT2D eigenvalue weighted by Gasteiger charge is 2.60. The number of benzene rings is 2. The van der Waals surface area contributed by atoms with Gasteiger partial charge in [0.1, 0.15) is 0 Å². The highest BCUT2D eigenvalue weighted by atomic mass is 32.2. The van der Waals surface area contributed by atoms with E-state index < -0.39 is 11.8 Å². The summed E-state index contributed by atoms with van der Waals surface area (Å²) < 4.78 is 43.8. The van der Waals surface area contributed by atoms with Gasteiger partial charge in [-0.15, -0.1) is 11.8 Å². The van der Waals surface area contributed by atoms with Crippen molar-refractivity contribution in [3.8, 4) is 5.69 Å². The van der Waals surface area contributed by atoms with E-state index in [4.69, 9.17) is 5.10 Å². The summed E-state index contributed by atoms with van der Waals surface area (Å²) in [6.45, 7) is 2.13. The van der Waals surface area contributed by atoms with Gasteiger partial charge in [-0.05, 0) is 128 Å². The van der Waals surface area contributed by atoms with Crippen LogP contribution in [0, 0.1) is 5.92 Å². The Bertz CT molecular complexity index is 1310. The molecule has 6 rings (SSSR count). The first kappa shape index (κ1) is 25.3. The molecule has 1 aromatic heterocycles.